The van der Waals surface area contributed by atoms with Gasteiger partial charge in [0.05, 0.1) is 12.3 Å². The Balaban J connectivity index is 1.62. The lowest BCUT2D eigenvalue weighted by atomic mass is 10.1. The first-order valence-corrected chi connectivity index (χ1v) is 9.93. The Morgan fingerprint density at radius 3 is 2.16 bits per heavy atom. The molecule has 160 valence electrons. The molecular formula is C23H24N4O4. The fourth-order valence-corrected chi connectivity index (χ4v) is 2.67. The molecule has 2 N–H and O–H groups in total. The Bertz CT molecular complexity index is 1070. The van der Waals surface area contributed by atoms with E-state index >= 15 is 0 Å². The molecule has 8 heteroatoms. The number of hydrogen-bond acceptors (Lipinski definition) is 5. The van der Waals surface area contributed by atoms with E-state index in [-0.39, 0.29) is 30.0 Å². The van der Waals surface area contributed by atoms with Gasteiger partial charge in [-0.2, -0.15) is 5.10 Å². The third-order valence-corrected chi connectivity index (χ3v) is 4.40. The Morgan fingerprint density at radius 2 is 1.55 bits per heavy atom. The summed E-state index contributed by atoms with van der Waals surface area (Å²) in [5.41, 5.74) is 2.69. The first-order valence-electron chi connectivity index (χ1n) is 9.93. The van der Waals surface area contributed by atoms with Crippen LogP contribution in [0.5, 0.6) is 0 Å². The van der Waals surface area contributed by atoms with Crippen molar-refractivity contribution in [1.82, 2.24) is 9.78 Å². The van der Waals surface area contributed by atoms with Gasteiger partial charge in [-0.25, -0.2) is 9.48 Å². The molecule has 3 rings (SSSR count). The molecule has 0 aliphatic heterocycles. The van der Waals surface area contributed by atoms with Gasteiger partial charge in [0.25, 0.3) is 5.91 Å². The first kappa shape index (κ1) is 21.8. The van der Waals surface area contributed by atoms with Crippen LogP contribution in [0.3, 0.4) is 0 Å². The van der Waals surface area contributed by atoms with Crippen LogP contribution >= 0.6 is 0 Å². The summed E-state index contributed by atoms with van der Waals surface area (Å²) in [7, 11) is 0. The molecule has 0 aliphatic rings. The monoisotopic (exact) mass is 420 g/mol. The number of carbonyl (C=O) groups excluding carboxylic acids is 3. The molecule has 0 radical (unpaired) electrons. The average molecular weight is 420 g/mol. The van der Waals surface area contributed by atoms with Crippen molar-refractivity contribution in [1.29, 1.82) is 0 Å². The highest BCUT2D eigenvalue weighted by Gasteiger charge is 2.12. The van der Waals surface area contributed by atoms with Crippen LogP contribution in [0.4, 0.5) is 11.4 Å². The van der Waals surface area contributed by atoms with Gasteiger partial charge in [0, 0.05) is 29.1 Å². The molecule has 3 aromatic rings. The predicted octanol–water partition coefficient (Wildman–Crippen LogP) is 3.90. The number of nitrogens with one attached hydrogen (secondary N) is 2. The molecule has 31 heavy (non-hydrogen) atoms. The molecule has 0 saturated carbocycles. The van der Waals surface area contributed by atoms with Crippen molar-refractivity contribution in [2.24, 2.45) is 5.92 Å². The Labute approximate surface area is 180 Å². The zero-order valence-electron chi connectivity index (χ0n) is 17.6. The van der Waals surface area contributed by atoms with Gasteiger partial charge in [0.15, 0.2) is 5.69 Å². The van der Waals surface area contributed by atoms with E-state index in [1.54, 1.807) is 72.4 Å². The van der Waals surface area contributed by atoms with E-state index in [1.807, 2.05) is 13.8 Å². The molecule has 2 amide bonds. The number of nitrogens with zero attached hydrogens (tertiary/aromatic N) is 2. The molecule has 1 aromatic heterocycles. The van der Waals surface area contributed by atoms with E-state index in [2.05, 4.69) is 15.7 Å². The van der Waals surface area contributed by atoms with Crippen LogP contribution in [0.2, 0.25) is 0 Å². The summed E-state index contributed by atoms with van der Waals surface area (Å²) in [6.07, 6.45) is 1.67. The number of ether oxygens (including phenoxy) is 1. The van der Waals surface area contributed by atoms with E-state index in [0.29, 0.717) is 16.9 Å². The van der Waals surface area contributed by atoms with Crippen molar-refractivity contribution in [3.63, 3.8) is 0 Å². The summed E-state index contributed by atoms with van der Waals surface area (Å²) >= 11 is 0. The Morgan fingerprint density at radius 1 is 0.935 bits per heavy atom. The number of hydrogen-bond donors (Lipinski definition) is 2. The van der Waals surface area contributed by atoms with E-state index in [1.165, 1.54) is 0 Å². The van der Waals surface area contributed by atoms with E-state index in [4.69, 9.17) is 4.74 Å². The molecule has 0 bridgehead atoms. The van der Waals surface area contributed by atoms with Gasteiger partial charge in [-0.1, -0.05) is 13.8 Å². The van der Waals surface area contributed by atoms with Crippen LogP contribution in [0, 0.1) is 5.92 Å². The lowest BCUT2D eigenvalue weighted by Gasteiger charge is -2.09. The topological polar surface area (TPSA) is 102 Å². The summed E-state index contributed by atoms with van der Waals surface area (Å²) in [4.78, 5) is 36.0. The zero-order chi connectivity index (χ0) is 22.4. The maximum Gasteiger partial charge on any atom is 0.358 e. The second-order valence-electron chi connectivity index (χ2n) is 7.09. The van der Waals surface area contributed by atoms with E-state index in [0.717, 1.165) is 5.69 Å². The maximum absolute atomic E-state index is 12.5. The van der Waals surface area contributed by atoms with Gasteiger partial charge in [0.1, 0.15) is 0 Å². The Hall–Kier alpha value is -3.94. The van der Waals surface area contributed by atoms with Gasteiger partial charge in [-0.3, -0.25) is 9.59 Å². The summed E-state index contributed by atoms with van der Waals surface area (Å²) in [5.74, 6) is -0.939. The summed E-state index contributed by atoms with van der Waals surface area (Å²) < 4.78 is 6.49. The van der Waals surface area contributed by atoms with Gasteiger partial charge in [-0.15, -0.1) is 0 Å². The van der Waals surface area contributed by atoms with Crippen LogP contribution in [-0.2, 0) is 9.53 Å². The summed E-state index contributed by atoms with van der Waals surface area (Å²) in [5, 5.41) is 9.81. The smallest absolute Gasteiger partial charge is 0.358 e. The second kappa shape index (κ2) is 9.71. The van der Waals surface area contributed by atoms with Crippen LogP contribution in [0.15, 0.2) is 60.8 Å². The van der Waals surface area contributed by atoms with Crippen molar-refractivity contribution >= 4 is 29.2 Å². The molecular weight excluding hydrogens is 396 g/mol. The van der Waals surface area contributed by atoms with Crippen molar-refractivity contribution < 1.29 is 19.1 Å². The number of esters is 1. The molecule has 1 heterocycles. The first-order chi connectivity index (χ1) is 14.9. The molecule has 8 nitrogen and oxygen atoms in total. The lowest BCUT2D eigenvalue weighted by molar-refractivity contribution is -0.118. The fraction of sp³-hybridized carbons (Fsp3) is 0.217. The van der Waals surface area contributed by atoms with Crippen molar-refractivity contribution in [2.75, 3.05) is 17.2 Å². The highest BCUT2D eigenvalue weighted by Crippen LogP contribution is 2.16. The largest absolute Gasteiger partial charge is 0.461 e. The van der Waals surface area contributed by atoms with Crippen LogP contribution in [-0.4, -0.2) is 34.2 Å². The summed E-state index contributed by atoms with van der Waals surface area (Å²) in [6.45, 7) is 5.65. The molecule has 0 aliphatic carbocycles. The van der Waals surface area contributed by atoms with Crippen molar-refractivity contribution in [3.8, 4) is 5.69 Å². The number of rotatable bonds is 7. The third-order valence-electron chi connectivity index (χ3n) is 4.40. The van der Waals surface area contributed by atoms with Gasteiger partial charge in [0.2, 0.25) is 5.91 Å². The maximum atomic E-state index is 12.5. The van der Waals surface area contributed by atoms with Crippen LogP contribution in [0.1, 0.15) is 41.6 Å². The normalized spacial score (nSPS) is 10.6. The lowest BCUT2D eigenvalue weighted by Crippen LogP contribution is -2.18. The van der Waals surface area contributed by atoms with Crippen LogP contribution < -0.4 is 10.6 Å². The molecule has 0 spiro atoms. The minimum absolute atomic E-state index is 0.0798. The fourth-order valence-electron chi connectivity index (χ4n) is 2.67. The minimum atomic E-state index is -0.472. The number of benzene rings is 2. The Kier molecular flexibility index (Phi) is 6.81. The average Bonchev–Trinajstić information content (AvgIpc) is 3.25. The SMILES string of the molecule is CCOC(=O)c1ccn(-c2ccc(NC(=O)c3ccc(NC(=O)C(C)C)cc3)cc2)n1. The van der Waals surface area contributed by atoms with E-state index < -0.39 is 5.97 Å². The van der Waals surface area contributed by atoms with Crippen molar-refractivity contribution in [2.45, 2.75) is 20.8 Å². The predicted molar refractivity (Wildman–Crippen MR) is 117 cm³/mol. The number of amides is 2. The molecule has 0 atom stereocenters. The van der Waals surface area contributed by atoms with Crippen molar-refractivity contribution in [3.05, 3.63) is 72.1 Å². The molecule has 0 fully saturated rings. The number of carbonyl (C=O) groups is 3. The summed E-state index contributed by atoms with van der Waals surface area (Å²) in [6, 6.07) is 15.3. The van der Waals surface area contributed by atoms with Gasteiger partial charge < -0.3 is 15.4 Å². The standard InChI is InChI=1S/C23H24N4O4/c1-4-31-23(30)20-13-14-27(26-20)19-11-9-18(10-12-19)25-22(29)16-5-7-17(8-6-16)24-21(28)15(2)3/h5-15H,4H2,1-3H3,(H,24,28)(H,25,29). The molecule has 0 unspecified atom stereocenters. The van der Waals surface area contributed by atoms with Gasteiger partial charge in [-0.05, 0) is 61.5 Å². The highest BCUT2D eigenvalue weighted by atomic mass is 16.5. The molecule has 2 aromatic carbocycles. The minimum Gasteiger partial charge on any atom is -0.461 e. The second-order valence-corrected chi connectivity index (χ2v) is 7.09. The number of aromatic nitrogens is 2. The van der Waals surface area contributed by atoms with Crippen LogP contribution in [0.25, 0.3) is 5.69 Å². The molecule has 0 saturated heterocycles. The number of anilines is 2. The zero-order valence-corrected chi connectivity index (χ0v) is 17.6. The quantitative estimate of drug-likeness (QED) is 0.565. The van der Waals surface area contributed by atoms with E-state index in [9.17, 15) is 14.4 Å². The third kappa shape index (κ3) is 5.57. The highest BCUT2D eigenvalue weighted by molar-refractivity contribution is 6.04. The van der Waals surface area contributed by atoms with Gasteiger partial charge >= 0.3 is 5.97 Å².